The molecular weight excluding hydrogens is 672 g/mol. The number of ether oxygens (including phenoxy) is 5. The highest BCUT2D eigenvalue weighted by molar-refractivity contribution is 6.32. The van der Waals surface area contributed by atoms with Crippen LogP contribution in [0, 0.1) is 5.82 Å². The van der Waals surface area contributed by atoms with Gasteiger partial charge in [-0.05, 0) is 35.9 Å². The second kappa shape index (κ2) is 13.0. The molecular formula is C34H33ClF4N4O6. The number of fused-ring (bicyclic) bond motifs is 3. The molecule has 1 amide bonds. The molecule has 1 unspecified atom stereocenters. The number of halogens is 5. The molecule has 0 bridgehead atoms. The van der Waals surface area contributed by atoms with Gasteiger partial charge in [-0.1, -0.05) is 17.7 Å². The smallest absolute Gasteiger partial charge is 0.416 e. The van der Waals surface area contributed by atoms with Gasteiger partial charge in [-0.2, -0.15) is 13.2 Å². The van der Waals surface area contributed by atoms with Gasteiger partial charge in [0.1, 0.15) is 23.3 Å². The molecule has 3 aliphatic heterocycles. The van der Waals surface area contributed by atoms with Crippen molar-refractivity contribution >= 4 is 23.2 Å². The Bertz CT molecular complexity index is 1890. The van der Waals surface area contributed by atoms with E-state index in [4.69, 9.17) is 35.3 Å². The van der Waals surface area contributed by atoms with Crippen LogP contribution < -0.4 is 14.2 Å². The summed E-state index contributed by atoms with van der Waals surface area (Å²) >= 11 is 6.69. The molecule has 0 radical (unpaired) electrons. The van der Waals surface area contributed by atoms with Crippen molar-refractivity contribution in [2.75, 3.05) is 66.9 Å². The lowest BCUT2D eigenvalue weighted by Gasteiger charge is -2.51. The third kappa shape index (κ3) is 5.94. The fourth-order valence-corrected chi connectivity index (χ4v) is 7.11. The number of pyridine rings is 1. The number of alkyl halides is 3. The summed E-state index contributed by atoms with van der Waals surface area (Å²) in [7, 11) is 2.76. The van der Waals surface area contributed by atoms with E-state index in [0.717, 1.165) is 36.9 Å². The van der Waals surface area contributed by atoms with Gasteiger partial charge < -0.3 is 33.0 Å². The number of amides is 1. The van der Waals surface area contributed by atoms with Crippen LogP contribution in [-0.2, 0) is 32.4 Å². The lowest BCUT2D eigenvalue weighted by Crippen LogP contribution is -2.62. The monoisotopic (exact) mass is 704 g/mol. The van der Waals surface area contributed by atoms with Gasteiger partial charge in [-0.15, -0.1) is 0 Å². The number of hydrogen-bond donors (Lipinski definition) is 0. The van der Waals surface area contributed by atoms with Crippen LogP contribution in [-0.4, -0.2) is 92.0 Å². The number of carbonyl (C=O) groups excluding carboxylic acids is 1. The Balaban J connectivity index is 1.20. The quantitative estimate of drug-likeness (QED) is 0.230. The molecule has 0 saturated carbocycles. The molecule has 2 fully saturated rings. The van der Waals surface area contributed by atoms with Crippen LogP contribution in [0.2, 0.25) is 5.02 Å². The normalized spacial score (nSPS) is 19.3. The van der Waals surface area contributed by atoms with Gasteiger partial charge in [-0.3, -0.25) is 9.69 Å². The van der Waals surface area contributed by atoms with Crippen molar-refractivity contribution in [2.24, 2.45) is 0 Å². The topological polar surface area (TPSA) is 87.0 Å². The molecule has 2 saturated heterocycles. The second-order valence-corrected chi connectivity index (χ2v) is 12.5. The lowest BCUT2D eigenvalue weighted by atomic mass is 9.85. The number of nitrogens with zero attached hydrogens (tertiary/aromatic N) is 4. The molecule has 2 aromatic carbocycles. The van der Waals surface area contributed by atoms with E-state index in [2.05, 4.69) is 9.88 Å². The van der Waals surface area contributed by atoms with E-state index in [1.54, 1.807) is 6.07 Å². The molecule has 4 aromatic rings. The van der Waals surface area contributed by atoms with Gasteiger partial charge in [0.25, 0.3) is 5.91 Å². The Morgan fingerprint density at radius 1 is 1.00 bits per heavy atom. The average Bonchev–Trinajstić information content (AvgIpc) is 3.45. The van der Waals surface area contributed by atoms with Gasteiger partial charge in [0.05, 0.1) is 68.2 Å². The van der Waals surface area contributed by atoms with E-state index < -0.39 is 36.1 Å². The van der Waals surface area contributed by atoms with Crippen molar-refractivity contribution in [1.82, 2.24) is 19.2 Å². The van der Waals surface area contributed by atoms with Crippen molar-refractivity contribution in [3.63, 3.8) is 0 Å². The van der Waals surface area contributed by atoms with Gasteiger partial charge in [0, 0.05) is 43.9 Å². The van der Waals surface area contributed by atoms with Crippen LogP contribution in [0.25, 0.3) is 5.65 Å². The third-order valence-electron chi connectivity index (χ3n) is 9.46. The Hall–Kier alpha value is -4.11. The molecule has 0 N–H and O–H groups in total. The van der Waals surface area contributed by atoms with Crippen LogP contribution in [0.4, 0.5) is 17.6 Å². The molecule has 260 valence electrons. The summed E-state index contributed by atoms with van der Waals surface area (Å²) in [5, 5.41) is 0.315. The van der Waals surface area contributed by atoms with Crippen LogP contribution in [0.15, 0.2) is 48.7 Å². The predicted octanol–water partition coefficient (Wildman–Crippen LogP) is 5.27. The number of morpholine rings is 1. The largest absolute Gasteiger partial charge is 0.493 e. The van der Waals surface area contributed by atoms with E-state index >= 15 is 4.39 Å². The number of imidazole rings is 1. The van der Waals surface area contributed by atoms with Crippen LogP contribution in [0.5, 0.6) is 17.2 Å². The molecule has 0 spiro atoms. The molecule has 5 heterocycles. The molecule has 2 aromatic heterocycles. The fraction of sp³-hybridized carbons (Fsp3) is 0.412. The summed E-state index contributed by atoms with van der Waals surface area (Å²) < 4.78 is 85.8. The minimum atomic E-state index is -4.59. The van der Waals surface area contributed by atoms with E-state index in [-0.39, 0.29) is 47.0 Å². The van der Waals surface area contributed by atoms with Gasteiger partial charge >= 0.3 is 6.18 Å². The lowest BCUT2D eigenvalue weighted by molar-refractivity contribution is -0.166. The van der Waals surface area contributed by atoms with Crippen molar-refractivity contribution in [3.8, 4) is 17.2 Å². The van der Waals surface area contributed by atoms with Gasteiger partial charge in [0.2, 0.25) is 0 Å². The Kier molecular flexibility index (Phi) is 8.84. The maximum atomic E-state index is 15.9. The summed E-state index contributed by atoms with van der Waals surface area (Å²) in [5.41, 5.74) is 0.643. The Labute approximate surface area is 284 Å². The van der Waals surface area contributed by atoms with E-state index in [1.165, 1.54) is 35.8 Å². The highest BCUT2D eigenvalue weighted by Gasteiger charge is 2.46. The Morgan fingerprint density at radius 3 is 2.39 bits per heavy atom. The van der Waals surface area contributed by atoms with E-state index in [1.807, 2.05) is 12.1 Å². The second-order valence-electron chi connectivity index (χ2n) is 12.1. The third-order valence-corrected chi connectivity index (χ3v) is 9.76. The number of rotatable bonds is 8. The minimum absolute atomic E-state index is 0.0230. The van der Waals surface area contributed by atoms with E-state index in [0.29, 0.717) is 42.8 Å². The molecule has 7 rings (SSSR count). The number of carbonyl (C=O) groups is 1. The van der Waals surface area contributed by atoms with E-state index in [9.17, 15) is 18.0 Å². The zero-order chi connectivity index (χ0) is 34.5. The summed E-state index contributed by atoms with van der Waals surface area (Å²) in [6.45, 7) is 3.50. The first-order valence-electron chi connectivity index (χ1n) is 15.7. The molecule has 49 heavy (non-hydrogen) atoms. The number of aromatic nitrogens is 2. The first-order valence-corrected chi connectivity index (χ1v) is 16.0. The zero-order valence-electron chi connectivity index (χ0n) is 26.7. The van der Waals surface area contributed by atoms with Crippen molar-refractivity contribution in [2.45, 2.75) is 24.2 Å². The summed E-state index contributed by atoms with van der Waals surface area (Å²) in [5.74, 6) is -0.567. The summed E-state index contributed by atoms with van der Waals surface area (Å²) in [6, 6.07) is 8.78. The molecule has 3 aliphatic rings. The predicted molar refractivity (Wildman–Crippen MR) is 169 cm³/mol. The number of hydrogen-bond acceptors (Lipinski definition) is 8. The summed E-state index contributed by atoms with van der Waals surface area (Å²) in [4.78, 5) is 22.2. The maximum Gasteiger partial charge on any atom is 0.416 e. The highest BCUT2D eigenvalue weighted by atomic mass is 35.5. The minimum Gasteiger partial charge on any atom is -0.493 e. The molecule has 1 atom stereocenters. The Morgan fingerprint density at radius 2 is 1.73 bits per heavy atom. The SMILES string of the molecule is COc1cc(F)c(C2c3c(nc4cc(C(F)(F)F)ccn34)CCN2C(=O)COc2ccc(C3(N4CCOCC4)COC3)cc2Cl)cc1OC. The van der Waals surface area contributed by atoms with Crippen LogP contribution in [0.1, 0.15) is 34.1 Å². The molecule has 15 heteroatoms. The van der Waals surface area contributed by atoms with Crippen molar-refractivity contribution in [3.05, 3.63) is 87.6 Å². The van der Waals surface area contributed by atoms with Crippen LogP contribution in [0.3, 0.4) is 0 Å². The number of benzene rings is 2. The average molecular weight is 705 g/mol. The number of methoxy groups -OCH3 is 2. The van der Waals surface area contributed by atoms with Gasteiger partial charge in [0.15, 0.2) is 18.1 Å². The molecule has 0 aliphatic carbocycles. The van der Waals surface area contributed by atoms with Crippen LogP contribution >= 0.6 is 11.6 Å². The van der Waals surface area contributed by atoms with Gasteiger partial charge in [-0.25, -0.2) is 9.37 Å². The zero-order valence-corrected chi connectivity index (χ0v) is 27.4. The highest BCUT2D eigenvalue weighted by Crippen LogP contribution is 2.43. The molecule has 10 nitrogen and oxygen atoms in total. The van der Waals surface area contributed by atoms with Crippen molar-refractivity contribution in [1.29, 1.82) is 0 Å². The standard InChI is InChI=1S/C34H33ClF4N4O6/c1-45-27-15-22(24(36)16-28(27)46-2)31-32-25(40-29-14-21(34(37,38)39)5-7-42(29)32)6-8-43(31)30(44)17-49-26-4-3-20(13-23(26)35)33(18-48-19-33)41-9-11-47-12-10-41/h3-5,7,13-16,31H,6,8-12,17-19H2,1-2H3. The fourth-order valence-electron chi connectivity index (χ4n) is 6.88. The first kappa shape index (κ1) is 33.4. The first-order chi connectivity index (χ1) is 23.5. The van der Waals surface area contributed by atoms with Crippen molar-refractivity contribution < 1.29 is 46.0 Å². The maximum absolute atomic E-state index is 15.9. The summed E-state index contributed by atoms with van der Waals surface area (Å²) in [6.07, 6.45) is -3.13.